The predicted octanol–water partition coefficient (Wildman–Crippen LogP) is 7.29. The van der Waals surface area contributed by atoms with Crippen LogP contribution in [0.5, 0.6) is 5.75 Å². The van der Waals surface area contributed by atoms with Gasteiger partial charge in [0.2, 0.25) is 0 Å². The van der Waals surface area contributed by atoms with Crippen LogP contribution in [0.1, 0.15) is 48.0 Å². The Morgan fingerprint density at radius 2 is 1.79 bits per heavy atom. The SMILES string of the molecule is CC=C(C)C=C(C)COc1ccccc1.C[SiH](C)[Ti][C]1=CC(C(C)(C)C)=CC1. The number of allylic oxidation sites excluding steroid dienone is 7. The fraction of sp³-hybridized carbons (Fsp3) is 0.440. The van der Waals surface area contributed by atoms with Gasteiger partial charge in [-0.25, -0.2) is 0 Å². The van der Waals surface area contributed by atoms with E-state index in [2.05, 4.69) is 72.0 Å². The molecule has 1 aromatic carbocycles. The number of hydrogen-bond acceptors (Lipinski definition) is 1. The van der Waals surface area contributed by atoms with Crippen molar-refractivity contribution < 1.29 is 23.1 Å². The molecule has 1 aliphatic rings. The second-order valence-corrected chi connectivity index (χ2v) is 19.1. The van der Waals surface area contributed by atoms with Crippen LogP contribution < -0.4 is 4.74 Å². The molecule has 3 heteroatoms. The molecular formula is C25H38OSiTi. The summed E-state index contributed by atoms with van der Waals surface area (Å²) < 4.78 is 7.42. The summed E-state index contributed by atoms with van der Waals surface area (Å²) in [4.78, 5) is 0. The van der Waals surface area contributed by atoms with Gasteiger partial charge in [-0.15, -0.1) is 0 Å². The minimum absolute atomic E-state index is 0.282. The summed E-state index contributed by atoms with van der Waals surface area (Å²) in [5.41, 5.74) is 4.44. The molecule has 0 unspecified atom stereocenters. The zero-order valence-corrected chi connectivity index (χ0v) is 21.8. The first-order chi connectivity index (χ1) is 13.1. The van der Waals surface area contributed by atoms with E-state index < -0.39 is 0 Å². The summed E-state index contributed by atoms with van der Waals surface area (Å²) in [7, 11) is 0. The third kappa shape index (κ3) is 10.5. The number of ether oxygens (including phenoxy) is 1. The van der Waals surface area contributed by atoms with Crippen molar-refractivity contribution >= 4 is 6.66 Å². The van der Waals surface area contributed by atoms with Gasteiger partial charge in [0.15, 0.2) is 0 Å². The molecule has 0 radical (unpaired) electrons. The van der Waals surface area contributed by atoms with E-state index in [-0.39, 0.29) is 6.66 Å². The van der Waals surface area contributed by atoms with Crippen molar-refractivity contribution in [2.75, 3.05) is 6.61 Å². The molecule has 1 nitrogen and oxygen atoms in total. The average molecular weight is 431 g/mol. The fourth-order valence-corrected chi connectivity index (χ4v) is 8.51. The monoisotopic (exact) mass is 430 g/mol. The standard InChI is InChI=1S/C14H18O.C9H13.C2H7Si.Ti/c1-4-12(2)10-13(3)11-15-14-8-6-5-7-9-14;1-9(2,3)8-6-4-5-7-8;1-3-2;/h4-10H,11H2,1-3H3;6-7H,4H2,1-3H3;3H,1-2H3;. The Morgan fingerprint density at radius 3 is 2.29 bits per heavy atom. The van der Waals surface area contributed by atoms with Crippen LogP contribution in [0.15, 0.2) is 75.2 Å². The van der Waals surface area contributed by atoms with Crippen molar-refractivity contribution in [1.29, 1.82) is 0 Å². The van der Waals surface area contributed by atoms with Crippen molar-refractivity contribution in [3.05, 3.63) is 75.2 Å². The number of benzene rings is 1. The molecule has 0 atom stereocenters. The van der Waals surface area contributed by atoms with Crippen LogP contribution >= 0.6 is 0 Å². The first-order valence-electron chi connectivity index (χ1n) is 10.3. The molecule has 1 aliphatic carbocycles. The number of hydrogen-bond donors (Lipinski definition) is 0. The van der Waals surface area contributed by atoms with Crippen molar-refractivity contribution in [2.45, 2.75) is 61.1 Å². The first kappa shape index (κ1) is 24.9. The third-order valence-corrected chi connectivity index (χ3v) is 10.3. The Kier molecular flexibility index (Phi) is 11.1. The van der Waals surface area contributed by atoms with Gasteiger partial charge in [-0.1, -0.05) is 35.9 Å². The normalized spacial score (nSPS) is 14.9. The number of rotatable bonds is 6. The summed E-state index contributed by atoms with van der Waals surface area (Å²) in [6.45, 7) is 18.5. The van der Waals surface area contributed by atoms with Gasteiger partial charge in [0.05, 0.1) is 0 Å². The van der Waals surface area contributed by atoms with Crippen molar-refractivity contribution in [3.63, 3.8) is 0 Å². The van der Waals surface area contributed by atoms with Gasteiger partial charge >= 0.3 is 92.4 Å². The van der Waals surface area contributed by atoms with Gasteiger partial charge in [0.1, 0.15) is 12.4 Å². The second-order valence-electron chi connectivity index (χ2n) is 8.71. The first-order valence-corrected chi connectivity index (χ1v) is 16.6. The van der Waals surface area contributed by atoms with Gasteiger partial charge in [-0.3, -0.25) is 0 Å². The molecule has 0 saturated carbocycles. The number of para-hydroxylation sites is 1. The van der Waals surface area contributed by atoms with E-state index in [1.165, 1.54) is 17.6 Å². The Bertz CT molecular complexity index is 719. The van der Waals surface area contributed by atoms with Crippen LogP contribution in [0, 0.1) is 5.41 Å². The van der Waals surface area contributed by atoms with Crippen LogP contribution in [-0.2, 0) is 18.4 Å². The molecule has 152 valence electrons. The Labute approximate surface area is 183 Å². The summed E-state index contributed by atoms with van der Waals surface area (Å²) in [6.07, 6.45) is 10.4. The molecule has 0 aromatic heterocycles. The molecule has 2 rings (SSSR count). The van der Waals surface area contributed by atoms with E-state index >= 15 is 0 Å². The van der Waals surface area contributed by atoms with Crippen molar-refractivity contribution in [1.82, 2.24) is 0 Å². The van der Waals surface area contributed by atoms with Gasteiger partial charge in [-0.05, 0) is 38.5 Å². The zero-order valence-electron chi connectivity index (χ0n) is 19.1. The second kappa shape index (κ2) is 12.5. The van der Waals surface area contributed by atoms with Gasteiger partial charge < -0.3 is 4.74 Å². The predicted molar refractivity (Wildman–Crippen MR) is 124 cm³/mol. The Hall–Kier alpha value is -1.09. The van der Waals surface area contributed by atoms with E-state index in [1.807, 2.05) is 37.3 Å². The van der Waals surface area contributed by atoms with E-state index in [1.54, 1.807) is 9.45 Å². The summed E-state index contributed by atoms with van der Waals surface area (Å²) in [5.74, 6) is 0.920. The average Bonchev–Trinajstić information content (AvgIpc) is 3.09. The van der Waals surface area contributed by atoms with Crippen LogP contribution in [-0.4, -0.2) is 13.3 Å². The molecule has 0 N–H and O–H groups in total. The van der Waals surface area contributed by atoms with Crippen molar-refractivity contribution in [3.8, 4) is 5.75 Å². The molecular weight excluding hydrogens is 392 g/mol. The zero-order chi connectivity index (χ0) is 21.2. The molecule has 0 heterocycles. The third-order valence-electron chi connectivity index (χ3n) is 4.35. The molecule has 0 aliphatic heterocycles. The van der Waals surface area contributed by atoms with Crippen LogP contribution in [0.2, 0.25) is 13.1 Å². The molecule has 28 heavy (non-hydrogen) atoms. The maximum atomic E-state index is 5.62. The minimum atomic E-state index is -0.282. The summed E-state index contributed by atoms with van der Waals surface area (Å²) in [5, 5.41) is 0. The van der Waals surface area contributed by atoms with E-state index in [4.69, 9.17) is 4.74 Å². The quantitative estimate of drug-likeness (QED) is 0.340. The Morgan fingerprint density at radius 1 is 1.14 bits per heavy atom. The molecule has 0 spiro atoms. The fourth-order valence-electron chi connectivity index (χ4n) is 2.75. The van der Waals surface area contributed by atoms with Gasteiger partial charge in [-0.2, -0.15) is 0 Å². The van der Waals surface area contributed by atoms with E-state index in [0.29, 0.717) is 30.4 Å². The summed E-state index contributed by atoms with van der Waals surface area (Å²) >= 11 is 0.302. The van der Waals surface area contributed by atoms with Crippen molar-refractivity contribution in [2.24, 2.45) is 5.41 Å². The molecule has 1 aromatic rings. The van der Waals surface area contributed by atoms with E-state index in [0.717, 1.165) is 5.75 Å². The van der Waals surface area contributed by atoms with Crippen LogP contribution in [0.3, 0.4) is 0 Å². The molecule has 0 fully saturated rings. The topological polar surface area (TPSA) is 9.23 Å². The molecule has 0 bridgehead atoms. The van der Waals surface area contributed by atoms with E-state index in [9.17, 15) is 0 Å². The van der Waals surface area contributed by atoms with Crippen LogP contribution in [0.25, 0.3) is 0 Å². The molecule has 0 amide bonds. The van der Waals surface area contributed by atoms with Crippen LogP contribution in [0.4, 0.5) is 0 Å². The summed E-state index contributed by atoms with van der Waals surface area (Å²) in [6, 6.07) is 9.88. The maximum absolute atomic E-state index is 5.62. The van der Waals surface area contributed by atoms with Gasteiger partial charge in [0.25, 0.3) is 0 Å². The molecule has 0 saturated heterocycles. The van der Waals surface area contributed by atoms with Gasteiger partial charge in [0, 0.05) is 0 Å². The Balaban J connectivity index is 0.000000283.